The Morgan fingerprint density at radius 2 is 1.35 bits per heavy atom. The minimum absolute atomic E-state index is 0.0431. The molecule has 0 heterocycles. The Labute approximate surface area is 133 Å². The molecule has 0 aromatic heterocycles. The van der Waals surface area contributed by atoms with Crippen LogP contribution in [0.25, 0.3) is 0 Å². The van der Waals surface area contributed by atoms with Crippen molar-refractivity contribution in [1.82, 2.24) is 0 Å². The monoisotopic (exact) mass is 336 g/mol. The second-order valence-electron chi connectivity index (χ2n) is 4.93. The van der Waals surface area contributed by atoms with Crippen LogP contribution in [0.1, 0.15) is 32.6 Å². The maximum Gasteiger partial charge on any atom is 0.330 e. The van der Waals surface area contributed by atoms with Gasteiger partial charge in [-0.2, -0.15) is 0 Å². The van der Waals surface area contributed by atoms with Crippen molar-refractivity contribution >= 4 is 17.9 Å². The van der Waals surface area contributed by atoms with E-state index in [0.29, 0.717) is 0 Å². The summed E-state index contributed by atoms with van der Waals surface area (Å²) in [6, 6.07) is 0. The van der Waals surface area contributed by atoms with Crippen molar-refractivity contribution in [2.75, 3.05) is 19.8 Å². The Balaban J connectivity index is 0. The first-order valence-electron chi connectivity index (χ1n) is 6.83. The molecule has 0 saturated heterocycles. The number of aliphatic hydroxyl groups excluding tert-OH is 3. The number of hydrogen-bond donors (Lipinski definition) is 6. The van der Waals surface area contributed by atoms with Gasteiger partial charge in [-0.05, 0) is 19.8 Å². The van der Waals surface area contributed by atoms with E-state index in [0.717, 1.165) is 0 Å². The number of aliphatic hydroxyl groups is 3. The van der Waals surface area contributed by atoms with E-state index in [2.05, 4.69) is 0 Å². The maximum absolute atomic E-state index is 10.5. The zero-order valence-electron chi connectivity index (χ0n) is 12.9. The van der Waals surface area contributed by atoms with Gasteiger partial charge in [-0.1, -0.05) is 6.08 Å². The van der Waals surface area contributed by atoms with Gasteiger partial charge in [0.1, 0.15) is 0 Å². The van der Waals surface area contributed by atoms with E-state index in [1.807, 2.05) is 0 Å². The molecule has 0 atom stereocenters. The van der Waals surface area contributed by atoms with Crippen molar-refractivity contribution in [1.29, 1.82) is 0 Å². The Morgan fingerprint density at radius 3 is 1.61 bits per heavy atom. The standard InChI is InChI=1S/C9H16O5.C5H8O4/c1-7(8(13)14)4-9(5-11,6-12)2-3-10;6-4(7)2-1-3-5(8)9/h4,10-12H,2-3,5-6H2,1H3,(H,13,14);1-3H2,(H,6,7)(H,8,9). The average Bonchev–Trinajstić information content (AvgIpc) is 2.46. The van der Waals surface area contributed by atoms with Gasteiger partial charge >= 0.3 is 17.9 Å². The fourth-order valence-corrected chi connectivity index (χ4v) is 1.51. The highest BCUT2D eigenvalue weighted by Gasteiger charge is 2.26. The molecule has 0 bridgehead atoms. The minimum atomic E-state index is -1.10. The number of carbonyl (C=O) groups is 3. The van der Waals surface area contributed by atoms with Crippen molar-refractivity contribution in [2.24, 2.45) is 5.41 Å². The lowest BCUT2D eigenvalue weighted by atomic mass is 9.84. The van der Waals surface area contributed by atoms with Crippen molar-refractivity contribution in [3.05, 3.63) is 11.6 Å². The molecular weight excluding hydrogens is 312 g/mol. The lowest BCUT2D eigenvalue weighted by molar-refractivity contribution is -0.138. The molecule has 9 nitrogen and oxygen atoms in total. The highest BCUT2D eigenvalue weighted by molar-refractivity contribution is 5.85. The highest BCUT2D eigenvalue weighted by Crippen LogP contribution is 2.24. The van der Waals surface area contributed by atoms with E-state index in [1.165, 1.54) is 13.0 Å². The molecule has 6 N–H and O–H groups in total. The third kappa shape index (κ3) is 12.3. The molecule has 0 unspecified atom stereocenters. The summed E-state index contributed by atoms with van der Waals surface area (Å²) in [6.45, 7) is 0.369. The van der Waals surface area contributed by atoms with E-state index in [-0.39, 0.29) is 37.9 Å². The first kappa shape index (κ1) is 23.3. The molecule has 0 aliphatic heterocycles. The van der Waals surface area contributed by atoms with Gasteiger partial charge < -0.3 is 30.6 Å². The molecule has 0 fully saturated rings. The SMILES string of the molecule is CC(=CC(CO)(CO)CCO)C(=O)O.O=C(O)CCCC(=O)O. The average molecular weight is 336 g/mol. The van der Waals surface area contributed by atoms with Crippen LogP contribution in [0.5, 0.6) is 0 Å². The van der Waals surface area contributed by atoms with E-state index in [1.54, 1.807) is 0 Å². The van der Waals surface area contributed by atoms with Crippen LogP contribution in [0.2, 0.25) is 0 Å². The summed E-state index contributed by atoms with van der Waals surface area (Å²) in [7, 11) is 0. The third-order valence-electron chi connectivity index (χ3n) is 2.88. The molecular formula is C14H24O9. The van der Waals surface area contributed by atoms with Gasteiger partial charge in [-0.15, -0.1) is 0 Å². The summed E-state index contributed by atoms with van der Waals surface area (Å²) >= 11 is 0. The molecule has 0 aromatic carbocycles. The molecule has 0 amide bonds. The predicted molar refractivity (Wildman–Crippen MR) is 78.8 cm³/mol. The van der Waals surface area contributed by atoms with Gasteiger partial charge in [0.15, 0.2) is 0 Å². The molecule has 9 heteroatoms. The van der Waals surface area contributed by atoms with Crippen LogP contribution >= 0.6 is 0 Å². The first-order valence-corrected chi connectivity index (χ1v) is 6.83. The largest absolute Gasteiger partial charge is 0.481 e. The second-order valence-corrected chi connectivity index (χ2v) is 4.93. The van der Waals surface area contributed by atoms with Crippen molar-refractivity contribution < 1.29 is 45.0 Å². The van der Waals surface area contributed by atoms with Gasteiger partial charge in [0, 0.05) is 30.4 Å². The van der Waals surface area contributed by atoms with Crippen molar-refractivity contribution in [3.63, 3.8) is 0 Å². The van der Waals surface area contributed by atoms with Gasteiger partial charge in [0.05, 0.1) is 13.2 Å². The number of carboxylic acid groups (broad SMARTS) is 3. The van der Waals surface area contributed by atoms with E-state index >= 15 is 0 Å². The smallest absolute Gasteiger partial charge is 0.330 e. The summed E-state index contributed by atoms with van der Waals surface area (Å²) in [5, 5.41) is 51.5. The van der Waals surface area contributed by atoms with E-state index in [4.69, 9.17) is 30.6 Å². The quantitative estimate of drug-likeness (QED) is 0.293. The lowest BCUT2D eigenvalue weighted by Gasteiger charge is -2.25. The lowest BCUT2D eigenvalue weighted by Crippen LogP contribution is -2.29. The third-order valence-corrected chi connectivity index (χ3v) is 2.88. The summed E-state index contributed by atoms with van der Waals surface area (Å²) in [4.78, 5) is 30.1. The normalized spacial score (nSPS) is 11.4. The number of rotatable bonds is 10. The first-order chi connectivity index (χ1) is 10.6. The molecule has 0 spiro atoms. The molecule has 0 rings (SSSR count). The Hall–Kier alpha value is -1.97. The Bertz CT molecular complexity index is 396. The minimum Gasteiger partial charge on any atom is -0.481 e. The summed E-state index contributed by atoms with van der Waals surface area (Å²) in [6.07, 6.45) is 1.50. The number of aliphatic carboxylic acids is 3. The fraction of sp³-hybridized carbons (Fsp3) is 0.643. The Kier molecular flexibility index (Phi) is 12.7. The van der Waals surface area contributed by atoms with E-state index < -0.39 is 36.5 Å². The molecule has 0 saturated carbocycles. The van der Waals surface area contributed by atoms with Gasteiger partial charge in [0.25, 0.3) is 0 Å². The van der Waals surface area contributed by atoms with Crippen molar-refractivity contribution in [3.8, 4) is 0 Å². The molecule has 0 aliphatic carbocycles. The molecule has 23 heavy (non-hydrogen) atoms. The zero-order valence-corrected chi connectivity index (χ0v) is 12.9. The summed E-state index contributed by atoms with van der Waals surface area (Å²) in [5.74, 6) is -3.00. The van der Waals surface area contributed by atoms with Gasteiger partial charge in [-0.3, -0.25) is 9.59 Å². The zero-order chi connectivity index (χ0) is 18.5. The van der Waals surface area contributed by atoms with Crippen LogP contribution in [0.15, 0.2) is 11.6 Å². The molecule has 0 aromatic rings. The molecule has 0 radical (unpaired) electrons. The fourth-order valence-electron chi connectivity index (χ4n) is 1.51. The topological polar surface area (TPSA) is 173 Å². The van der Waals surface area contributed by atoms with Crippen LogP contribution in [-0.4, -0.2) is 68.4 Å². The van der Waals surface area contributed by atoms with Gasteiger partial charge in [-0.25, -0.2) is 4.79 Å². The van der Waals surface area contributed by atoms with Crippen LogP contribution < -0.4 is 0 Å². The van der Waals surface area contributed by atoms with Crippen molar-refractivity contribution in [2.45, 2.75) is 32.6 Å². The van der Waals surface area contributed by atoms with Crippen LogP contribution in [0.4, 0.5) is 0 Å². The van der Waals surface area contributed by atoms with Crippen LogP contribution in [0, 0.1) is 5.41 Å². The Morgan fingerprint density at radius 1 is 0.913 bits per heavy atom. The maximum atomic E-state index is 10.5. The summed E-state index contributed by atoms with van der Waals surface area (Å²) in [5.41, 5.74) is -1.00. The predicted octanol–water partition coefficient (Wildman–Crippen LogP) is -0.303. The van der Waals surface area contributed by atoms with Gasteiger partial charge in [0.2, 0.25) is 0 Å². The number of carboxylic acids is 3. The van der Waals surface area contributed by atoms with E-state index in [9.17, 15) is 14.4 Å². The van der Waals surface area contributed by atoms with Crippen LogP contribution in [0.3, 0.4) is 0 Å². The molecule has 0 aliphatic rings. The molecule has 134 valence electrons. The summed E-state index contributed by atoms with van der Waals surface area (Å²) < 4.78 is 0. The van der Waals surface area contributed by atoms with Crippen LogP contribution in [-0.2, 0) is 14.4 Å². The highest BCUT2D eigenvalue weighted by atomic mass is 16.4. The second kappa shape index (κ2) is 12.6. The number of hydrogen-bond acceptors (Lipinski definition) is 6.